The number of carbonyl (C=O) groups excluding carboxylic acids is 1. The van der Waals surface area contributed by atoms with Crippen molar-refractivity contribution < 1.29 is 24.1 Å². The van der Waals surface area contributed by atoms with Gasteiger partial charge in [0, 0.05) is 13.0 Å². The van der Waals surface area contributed by atoms with Gasteiger partial charge < -0.3 is 15.7 Å². The van der Waals surface area contributed by atoms with E-state index in [2.05, 4.69) is 52.1 Å². The molecule has 4 rings (SSSR count). The third-order valence-electron chi connectivity index (χ3n) is 4.84. The van der Waals surface area contributed by atoms with E-state index in [0.717, 1.165) is 10.6 Å². The van der Waals surface area contributed by atoms with Crippen LogP contribution in [0.15, 0.2) is 56.6 Å². The van der Waals surface area contributed by atoms with Crippen LogP contribution in [0.3, 0.4) is 0 Å². The largest absolute Gasteiger partial charge is 0.508 e. The van der Waals surface area contributed by atoms with E-state index in [1.165, 1.54) is 41.7 Å². The SMILES string of the molecule is O=C(Cc1ccc(O)cc1)Nc1nnc(CCCNc2nonc2C(=Nc2ccc(F)c(Br)c2)NO)s1. The Bertz CT molecular complexity index is 1400. The lowest BCUT2D eigenvalue weighted by Gasteiger charge is -2.05. The molecule has 0 fully saturated rings. The van der Waals surface area contributed by atoms with Crippen LogP contribution >= 0.6 is 27.3 Å². The summed E-state index contributed by atoms with van der Waals surface area (Å²) in [5.74, 6) is -0.327. The number of halogens is 2. The molecule has 0 bridgehead atoms. The summed E-state index contributed by atoms with van der Waals surface area (Å²) in [5, 5.41) is 41.4. The molecular formula is C22H20BrFN8O4S. The van der Waals surface area contributed by atoms with E-state index in [1.807, 2.05) is 5.48 Å². The molecule has 0 aliphatic rings. The molecule has 15 heteroatoms. The van der Waals surface area contributed by atoms with Crippen molar-refractivity contribution in [2.24, 2.45) is 4.99 Å². The molecule has 0 atom stereocenters. The van der Waals surface area contributed by atoms with Crippen molar-refractivity contribution >= 4 is 55.6 Å². The molecule has 5 N–H and O–H groups in total. The lowest BCUT2D eigenvalue weighted by Crippen LogP contribution is -2.22. The second kappa shape index (κ2) is 12.3. The summed E-state index contributed by atoms with van der Waals surface area (Å²) >= 11 is 4.36. The maximum absolute atomic E-state index is 13.5. The molecular weight excluding hydrogens is 571 g/mol. The number of hydrogen-bond acceptors (Lipinski definition) is 11. The number of aromatic hydroxyl groups is 1. The summed E-state index contributed by atoms with van der Waals surface area (Å²) in [6, 6.07) is 10.5. The van der Waals surface area contributed by atoms with E-state index in [0.29, 0.717) is 30.2 Å². The van der Waals surface area contributed by atoms with E-state index in [-0.39, 0.29) is 39.9 Å². The number of aryl methyl sites for hydroxylation is 1. The normalized spacial score (nSPS) is 11.4. The Morgan fingerprint density at radius 1 is 1.16 bits per heavy atom. The van der Waals surface area contributed by atoms with Crippen molar-refractivity contribution in [3.8, 4) is 5.75 Å². The first-order chi connectivity index (χ1) is 17.9. The first-order valence-corrected chi connectivity index (χ1v) is 12.4. The van der Waals surface area contributed by atoms with Crippen LogP contribution in [0.25, 0.3) is 0 Å². The Morgan fingerprint density at radius 2 is 1.97 bits per heavy atom. The summed E-state index contributed by atoms with van der Waals surface area (Å²) < 4.78 is 18.5. The second-order valence-corrected chi connectivity index (χ2v) is 9.47. The number of phenols is 1. The van der Waals surface area contributed by atoms with Crippen molar-refractivity contribution in [1.82, 2.24) is 26.0 Å². The number of nitrogens with zero attached hydrogens (tertiary/aromatic N) is 5. The standard InChI is InChI=1S/C22H20BrFN8O4S/c23-15-11-13(5-8-16(15)24)26-21(30-35)19-20(32-36-31-19)25-9-1-2-18-28-29-22(37-18)27-17(34)10-12-3-6-14(33)7-4-12/h3-8,11,33,35H,1-2,9-10H2,(H,25,32)(H,26,30)(H,27,29,34). The Kier molecular flexibility index (Phi) is 8.71. The number of aliphatic imine (C=N–C) groups is 1. The van der Waals surface area contributed by atoms with Crippen LogP contribution < -0.4 is 16.1 Å². The third-order valence-corrected chi connectivity index (χ3v) is 6.34. The number of aromatic nitrogens is 4. The maximum atomic E-state index is 13.5. The average molecular weight is 591 g/mol. The van der Waals surface area contributed by atoms with Crippen LogP contribution in [0.4, 0.5) is 21.0 Å². The molecule has 2 heterocycles. The fourth-order valence-corrected chi connectivity index (χ4v) is 4.25. The zero-order chi connectivity index (χ0) is 26.2. The zero-order valence-corrected chi connectivity index (χ0v) is 21.4. The molecule has 1 amide bonds. The van der Waals surface area contributed by atoms with Crippen LogP contribution in [0.2, 0.25) is 0 Å². The van der Waals surface area contributed by atoms with Gasteiger partial charge in [-0.3, -0.25) is 15.5 Å². The number of hydrogen-bond donors (Lipinski definition) is 5. The minimum absolute atomic E-state index is 0.0425. The number of hydroxylamine groups is 1. The van der Waals surface area contributed by atoms with E-state index in [1.54, 1.807) is 12.1 Å². The van der Waals surface area contributed by atoms with E-state index in [4.69, 9.17) is 4.63 Å². The second-order valence-electron chi connectivity index (χ2n) is 7.55. The molecule has 12 nitrogen and oxygen atoms in total. The van der Waals surface area contributed by atoms with Gasteiger partial charge in [-0.05, 0) is 68.6 Å². The van der Waals surface area contributed by atoms with Gasteiger partial charge in [0.15, 0.2) is 11.5 Å². The highest BCUT2D eigenvalue weighted by Gasteiger charge is 2.17. The summed E-state index contributed by atoms with van der Waals surface area (Å²) in [4.78, 5) is 16.4. The smallest absolute Gasteiger partial charge is 0.230 e. The molecule has 0 saturated heterocycles. The minimum atomic E-state index is -0.443. The van der Waals surface area contributed by atoms with Gasteiger partial charge in [-0.1, -0.05) is 23.5 Å². The molecule has 2 aromatic heterocycles. The highest BCUT2D eigenvalue weighted by atomic mass is 79.9. The van der Waals surface area contributed by atoms with Crippen LogP contribution in [0, 0.1) is 5.82 Å². The predicted molar refractivity (Wildman–Crippen MR) is 137 cm³/mol. The maximum Gasteiger partial charge on any atom is 0.230 e. The summed E-state index contributed by atoms with van der Waals surface area (Å²) in [5.41, 5.74) is 3.22. The Labute approximate surface area is 221 Å². The fraction of sp³-hybridized carbons (Fsp3) is 0.182. The van der Waals surface area contributed by atoms with Gasteiger partial charge in [0.05, 0.1) is 16.6 Å². The predicted octanol–water partition coefficient (Wildman–Crippen LogP) is 3.81. The average Bonchev–Trinajstić information content (AvgIpc) is 3.53. The number of rotatable bonds is 10. The monoisotopic (exact) mass is 590 g/mol. The molecule has 2 aromatic carbocycles. The number of amidine groups is 1. The quantitative estimate of drug-likeness (QED) is 0.0791. The van der Waals surface area contributed by atoms with Crippen molar-refractivity contribution in [2.75, 3.05) is 17.2 Å². The molecule has 192 valence electrons. The molecule has 0 spiro atoms. The van der Waals surface area contributed by atoms with Crippen molar-refractivity contribution in [2.45, 2.75) is 19.3 Å². The van der Waals surface area contributed by atoms with Gasteiger partial charge in [0.1, 0.15) is 16.6 Å². The van der Waals surface area contributed by atoms with Crippen molar-refractivity contribution in [3.63, 3.8) is 0 Å². The number of carbonyl (C=O) groups is 1. The van der Waals surface area contributed by atoms with E-state index in [9.17, 15) is 19.5 Å². The first-order valence-electron chi connectivity index (χ1n) is 10.8. The highest BCUT2D eigenvalue weighted by molar-refractivity contribution is 9.10. The lowest BCUT2D eigenvalue weighted by atomic mass is 10.1. The molecule has 0 aliphatic carbocycles. The molecule has 0 unspecified atom stereocenters. The Balaban J connectivity index is 1.27. The molecule has 4 aromatic rings. The molecule has 0 saturated carbocycles. The third kappa shape index (κ3) is 7.28. The number of nitrogens with one attached hydrogen (secondary N) is 3. The van der Waals surface area contributed by atoms with Crippen molar-refractivity contribution in [3.05, 3.63) is 69.0 Å². The van der Waals surface area contributed by atoms with Gasteiger partial charge in [-0.25, -0.2) is 14.0 Å². The Morgan fingerprint density at radius 3 is 2.73 bits per heavy atom. The van der Waals surface area contributed by atoms with Crippen molar-refractivity contribution in [1.29, 1.82) is 0 Å². The first kappa shape index (κ1) is 26.1. The van der Waals surface area contributed by atoms with Gasteiger partial charge in [-0.15, -0.1) is 10.2 Å². The molecule has 37 heavy (non-hydrogen) atoms. The van der Waals surface area contributed by atoms with E-state index < -0.39 is 5.82 Å². The molecule has 0 aliphatic heterocycles. The number of phenolic OH excluding ortho intramolecular Hbond substituents is 1. The topological polar surface area (TPSA) is 171 Å². The summed E-state index contributed by atoms with van der Waals surface area (Å²) in [6.07, 6.45) is 1.38. The van der Waals surface area contributed by atoms with Crippen LogP contribution in [0.5, 0.6) is 5.75 Å². The lowest BCUT2D eigenvalue weighted by molar-refractivity contribution is -0.115. The van der Waals surface area contributed by atoms with Crippen LogP contribution in [0.1, 0.15) is 22.7 Å². The number of anilines is 2. The molecule has 0 radical (unpaired) electrons. The fourth-order valence-electron chi connectivity index (χ4n) is 3.09. The summed E-state index contributed by atoms with van der Waals surface area (Å²) in [6.45, 7) is 0.462. The van der Waals surface area contributed by atoms with Crippen LogP contribution in [-0.2, 0) is 17.6 Å². The number of benzene rings is 2. The van der Waals surface area contributed by atoms with E-state index >= 15 is 0 Å². The Hall–Kier alpha value is -3.95. The van der Waals surface area contributed by atoms with Crippen LogP contribution in [-0.4, -0.2) is 49.1 Å². The minimum Gasteiger partial charge on any atom is -0.508 e. The van der Waals surface area contributed by atoms with Gasteiger partial charge >= 0.3 is 0 Å². The summed E-state index contributed by atoms with van der Waals surface area (Å²) in [7, 11) is 0. The van der Waals surface area contributed by atoms with Gasteiger partial charge in [0.2, 0.25) is 16.9 Å². The van der Waals surface area contributed by atoms with Gasteiger partial charge in [0.25, 0.3) is 0 Å². The highest BCUT2D eigenvalue weighted by Crippen LogP contribution is 2.23. The number of amides is 1. The zero-order valence-electron chi connectivity index (χ0n) is 19.0. The van der Waals surface area contributed by atoms with Gasteiger partial charge in [-0.2, -0.15) is 0 Å².